The monoisotopic (exact) mass is 343 g/mol. The molecule has 2 aromatic heterocycles. The minimum absolute atomic E-state index is 0.281. The van der Waals surface area contributed by atoms with Crippen LogP contribution in [0.1, 0.15) is 30.9 Å². The molecule has 0 saturated carbocycles. The van der Waals surface area contributed by atoms with Crippen molar-refractivity contribution < 1.29 is 0 Å². The predicted octanol–water partition coefficient (Wildman–Crippen LogP) is 3.88. The lowest BCUT2D eigenvalue weighted by Crippen LogP contribution is -2.51. The number of para-hydroxylation sites is 1. The first-order valence-corrected chi connectivity index (χ1v) is 8.91. The van der Waals surface area contributed by atoms with E-state index >= 15 is 0 Å². The number of amidine groups is 1. The Hall–Kier alpha value is -3.08. The Bertz CT molecular complexity index is 1090. The molecular weight excluding hydrogens is 322 g/mol. The molecule has 130 valence electrons. The van der Waals surface area contributed by atoms with E-state index in [0.717, 1.165) is 23.6 Å². The van der Waals surface area contributed by atoms with Crippen molar-refractivity contribution in [3.63, 3.8) is 0 Å². The van der Waals surface area contributed by atoms with E-state index < -0.39 is 0 Å². The van der Waals surface area contributed by atoms with E-state index in [9.17, 15) is 0 Å². The molecule has 1 unspecified atom stereocenters. The Balaban J connectivity index is 1.57. The Morgan fingerprint density at radius 2 is 1.96 bits per heavy atom. The number of rotatable bonds is 2. The van der Waals surface area contributed by atoms with Crippen LogP contribution in [0.3, 0.4) is 0 Å². The number of hydrogen-bond donors (Lipinski definition) is 1. The molecule has 0 bridgehead atoms. The first kappa shape index (κ1) is 15.2. The number of pyridine rings is 1. The van der Waals surface area contributed by atoms with E-state index in [4.69, 9.17) is 4.98 Å². The summed E-state index contributed by atoms with van der Waals surface area (Å²) in [6, 6.07) is 14.8. The molecule has 26 heavy (non-hydrogen) atoms. The van der Waals surface area contributed by atoms with Gasteiger partial charge in [0.2, 0.25) is 0 Å². The van der Waals surface area contributed by atoms with Gasteiger partial charge in [0.25, 0.3) is 0 Å². The van der Waals surface area contributed by atoms with Crippen molar-refractivity contribution in [3.05, 3.63) is 65.6 Å². The van der Waals surface area contributed by atoms with Crippen LogP contribution in [0.2, 0.25) is 0 Å². The topological polar surface area (TPSA) is 45.5 Å². The normalized spacial score (nSPS) is 20.7. The highest BCUT2D eigenvalue weighted by molar-refractivity contribution is 6.02. The average Bonchev–Trinajstić information content (AvgIpc) is 3.11. The number of hydrogen-bond acceptors (Lipinski definition) is 4. The highest BCUT2D eigenvalue weighted by Gasteiger charge is 2.40. The van der Waals surface area contributed by atoms with Gasteiger partial charge in [-0.3, -0.25) is 15.3 Å². The van der Waals surface area contributed by atoms with Gasteiger partial charge in [0, 0.05) is 11.1 Å². The zero-order valence-electron chi connectivity index (χ0n) is 15.2. The number of hydrazone groups is 1. The summed E-state index contributed by atoms with van der Waals surface area (Å²) >= 11 is 0. The Morgan fingerprint density at radius 3 is 2.85 bits per heavy atom. The predicted molar refractivity (Wildman–Crippen MR) is 106 cm³/mol. The standard InChI is InChI=1S/C21H21N5/c1-14-12-20-19(10-11-21(3)24-23-15(2)26(20)21)25(14)13-17-9-8-16-6-4-5-7-18(16)22-17/h4-12,24H,13H2,1-3H3. The van der Waals surface area contributed by atoms with Crippen LogP contribution in [0, 0.1) is 6.92 Å². The summed E-state index contributed by atoms with van der Waals surface area (Å²) in [6.07, 6.45) is 4.38. The van der Waals surface area contributed by atoms with Gasteiger partial charge >= 0.3 is 0 Å². The molecular formula is C21H21N5. The number of anilines is 1. The van der Waals surface area contributed by atoms with Crippen LogP contribution in [0.25, 0.3) is 17.0 Å². The molecule has 5 rings (SSSR count). The van der Waals surface area contributed by atoms with Crippen LogP contribution in [0.15, 0.2) is 53.6 Å². The second-order valence-electron chi connectivity index (χ2n) is 7.22. The van der Waals surface area contributed by atoms with Gasteiger partial charge in [-0.15, -0.1) is 0 Å². The van der Waals surface area contributed by atoms with Crippen LogP contribution >= 0.6 is 0 Å². The van der Waals surface area contributed by atoms with Gasteiger partial charge < -0.3 is 4.57 Å². The van der Waals surface area contributed by atoms with Crippen LogP contribution in [-0.2, 0) is 6.54 Å². The molecule has 0 saturated heterocycles. The highest BCUT2D eigenvalue weighted by Crippen LogP contribution is 2.38. The molecule has 4 heterocycles. The summed E-state index contributed by atoms with van der Waals surface area (Å²) in [7, 11) is 0. The molecule has 2 aliphatic rings. The van der Waals surface area contributed by atoms with Crippen LogP contribution in [0.4, 0.5) is 5.69 Å². The van der Waals surface area contributed by atoms with Crippen molar-refractivity contribution >= 4 is 28.5 Å². The molecule has 1 N–H and O–H groups in total. The van der Waals surface area contributed by atoms with Gasteiger partial charge in [-0.05, 0) is 51.1 Å². The lowest BCUT2D eigenvalue weighted by Gasteiger charge is -2.36. The smallest absolute Gasteiger partial charge is 0.148 e. The summed E-state index contributed by atoms with van der Waals surface area (Å²) in [5.74, 6) is 0.985. The van der Waals surface area contributed by atoms with E-state index in [-0.39, 0.29) is 5.66 Å². The van der Waals surface area contributed by atoms with Crippen molar-refractivity contribution in [1.82, 2.24) is 15.0 Å². The van der Waals surface area contributed by atoms with Crippen molar-refractivity contribution in [1.29, 1.82) is 0 Å². The summed E-state index contributed by atoms with van der Waals surface area (Å²) in [4.78, 5) is 7.10. The van der Waals surface area contributed by atoms with Crippen LogP contribution < -0.4 is 10.3 Å². The fraction of sp³-hybridized carbons (Fsp3) is 0.238. The molecule has 0 aliphatic carbocycles. The third-order valence-electron chi connectivity index (χ3n) is 5.34. The minimum atomic E-state index is -0.281. The minimum Gasteiger partial charge on any atom is -0.338 e. The second-order valence-corrected chi connectivity index (χ2v) is 7.22. The molecule has 0 radical (unpaired) electrons. The van der Waals surface area contributed by atoms with E-state index in [1.165, 1.54) is 22.5 Å². The fourth-order valence-corrected chi connectivity index (χ4v) is 4.01. The van der Waals surface area contributed by atoms with Gasteiger partial charge in [-0.2, -0.15) is 5.10 Å². The zero-order valence-corrected chi connectivity index (χ0v) is 15.2. The average molecular weight is 343 g/mol. The van der Waals surface area contributed by atoms with Gasteiger partial charge in [0.05, 0.1) is 29.1 Å². The van der Waals surface area contributed by atoms with E-state index in [1.54, 1.807) is 0 Å². The highest BCUT2D eigenvalue weighted by atomic mass is 15.5. The third-order valence-corrected chi connectivity index (χ3v) is 5.34. The largest absolute Gasteiger partial charge is 0.338 e. The van der Waals surface area contributed by atoms with Crippen molar-refractivity contribution in [2.45, 2.75) is 33.0 Å². The molecule has 0 spiro atoms. The van der Waals surface area contributed by atoms with Crippen LogP contribution in [-0.4, -0.2) is 21.0 Å². The van der Waals surface area contributed by atoms with Gasteiger partial charge in [0.15, 0.2) is 0 Å². The second kappa shape index (κ2) is 5.21. The van der Waals surface area contributed by atoms with E-state index in [0.29, 0.717) is 0 Å². The molecule has 3 aromatic rings. The number of nitrogens with one attached hydrogen (secondary N) is 1. The SMILES string of the molecule is CC1=NNC2(C)C=Cc3c(cc(C)n3Cc3ccc4ccccc4n3)N12. The lowest BCUT2D eigenvalue weighted by molar-refractivity contribution is 0.499. The Labute approximate surface area is 152 Å². The number of benzene rings is 1. The summed E-state index contributed by atoms with van der Waals surface area (Å²) in [5, 5.41) is 5.60. The van der Waals surface area contributed by atoms with E-state index in [1.807, 2.05) is 19.1 Å². The van der Waals surface area contributed by atoms with E-state index in [2.05, 4.69) is 76.3 Å². The maximum atomic E-state index is 4.84. The number of fused-ring (bicyclic) bond motifs is 4. The van der Waals surface area contributed by atoms with Crippen molar-refractivity contribution in [3.8, 4) is 0 Å². The molecule has 2 aliphatic heterocycles. The third kappa shape index (κ3) is 2.10. The Morgan fingerprint density at radius 1 is 1.12 bits per heavy atom. The first-order valence-electron chi connectivity index (χ1n) is 8.91. The van der Waals surface area contributed by atoms with Gasteiger partial charge in [-0.1, -0.05) is 24.3 Å². The fourth-order valence-electron chi connectivity index (χ4n) is 4.01. The maximum Gasteiger partial charge on any atom is 0.148 e. The lowest BCUT2D eigenvalue weighted by atomic mass is 10.0. The molecule has 0 amide bonds. The van der Waals surface area contributed by atoms with Gasteiger partial charge in [0.1, 0.15) is 11.5 Å². The quantitative estimate of drug-likeness (QED) is 0.768. The summed E-state index contributed by atoms with van der Waals surface area (Å²) in [5.41, 5.74) is 8.67. The van der Waals surface area contributed by atoms with Crippen LogP contribution in [0.5, 0.6) is 0 Å². The first-order chi connectivity index (χ1) is 12.5. The number of nitrogens with zero attached hydrogens (tertiary/aromatic N) is 4. The van der Waals surface area contributed by atoms with Gasteiger partial charge in [-0.25, -0.2) is 0 Å². The Kier molecular flexibility index (Phi) is 3.04. The van der Waals surface area contributed by atoms with Crippen molar-refractivity contribution in [2.75, 3.05) is 4.90 Å². The maximum absolute atomic E-state index is 4.84. The summed E-state index contributed by atoms with van der Waals surface area (Å²) < 4.78 is 2.33. The molecule has 5 nitrogen and oxygen atoms in total. The summed E-state index contributed by atoms with van der Waals surface area (Å²) in [6.45, 7) is 7.09. The number of aromatic nitrogens is 2. The molecule has 1 atom stereocenters. The molecule has 0 fully saturated rings. The zero-order chi connectivity index (χ0) is 17.9. The van der Waals surface area contributed by atoms with Crippen molar-refractivity contribution in [2.24, 2.45) is 5.10 Å². The number of aryl methyl sites for hydroxylation is 1. The molecule has 5 heteroatoms. The molecule has 1 aromatic carbocycles.